The number of nitrogens with zero attached hydrogens (tertiary/aromatic N) is 4. The summed E-state index contributed by atoms with van der Waals surface area (Å²) in [5.74, 6) is -2.94. The summed E-state index contributed by atoms with van der Waals surface area (Å²) in [5.41, 5.74) is -0.252. The molecule has 0 saturated heterocycles. The number of carbonyl (C=O) groups is 2. The maximum Gasteiger partial charge on any atom is 0.525 e. The second kappa shape index (κ2) is 11.6. The molecular formula is C24H20F6N6O4. The molecule has 2 aromatic heterocycles. The molecule has 2 N–H and O–H groups in total. The van der Waals surface area contributed by atoms with Crippen molar-refractivity contribution in [1.82, 2.24) is 20.1 Å². The van der Waals surface area contributed by atoms with Crippen LogP contribution in [0, 0.1) is 18.3 Å². The number of halogens is 6. The maximum atomic E-state index is 14.0. The lowest BCUT2D eigenvalue weighted by molar-refractivity contribution is -0.411. The Morgan fingerprint density at radius 1 is 1.10 bits per heavy atom. The Hall–Kier alpha value is -4.65. The number of carbonyl (C=O) groups excluding carboxylic acids is 2. The minimum absolute atomic E-state index is 0.0360. The molecule has 0 aliphatic carbocycles. The summed E-state index contributed by atoms with van der Waals surface area (Å²) in [5, 5.41) is 18.0. The molecular weight excluding hydrogens is 550 g/mol. The summed E-state index contributed by atoms with van der Waals surface area (Å²) in [6.45, 7) is 4.86. The van der Waals surface area contributed by atoms with Crippen molar-refractivity contribution >= 4 is 17.5 Å². The largest absolute Gasteiger partial charge is 0.525 e. The molecule has 2 heterocycles. The third-order valence-electron chi connectivity index (χ3n) is 4.90. The van der Waals surface area contributed by atoms with Crippen molar-refractivity contribution in [3.63, 3.8) is 0 Å². The number of aryl methyl sites for hydroxylation is 1. The highest BCUT2D eigenvalue weighted by Crippen LogP contribution is 2.32. The molecule has 0 bridgehead atoms. The topological polar surface area (TPSA) is 131 Å². The Morgan fingerprint density at radius 3 is 2.38 bits per heavy atom. The van der Waals surface area contributed by atoms with Crippen molar-refractivity contribution in [3.8, 4) is 17.8 Å². The molecule has 1 atom stereocenters. The number of pyridine rings is 1. The summed E-state index contributed by atoms with van der Waals surface area (Å²) >= 11 is 0. The van der Waals surface area contributed by atoms with Gasteiger partial charge in [0.2, 0.25) is 5.88 Å². The number of ether oxygens (including phenoxy) is 2. The lowest BCUT2D eigenvalue weighted by Crippen LogP contribution is -2.41. The van der Waals surface area contributed by atoms with E-state index in [4.69, 9.17) is 0 Å². The van der Waals surface area contributed by atoms with E-state index in [2.05, 4.69) is 30.2 Å². The second-order valence-corrected chi connectivity index (χ2v) is 8.42. The first-order chi connectivity index (χ1) is 18.6. The van der Waals surface area contributed by atoms with Crippen LogP contribution < -0.4 is 15.4 Å². The third kappa shape index (κ3) is 7.26. The fourth-order valence-electron chi connectivity index (χ4n) is 3.31. The van der Waals surface area contributed by atoms with Gasteiger partial charge in [-0.2, -0.15) is 14.0 Å². The summed E-state index contributed by atoms with van der Waals surface area (Å²) in [6.07, 6.45) is -13.9. The van der Waals surface area contributed by atoms with Gasteiger partial charge in [-0.05, 0) is 50.6 Å². The van der Waals surface area contributed by atoms with Gasteiger partial charge in [0.1, 0.15) is 5.69 Å². The van der Waals surface area contributed by atoms with E-state index in [1.54, 1.807) is 13.8 Å². The van der Waals surface area contributed by atoms with Gasteiger partial charge in [0, 0.05) is 18.3 Å². The van der Waals surface area contributed by atoms with Crippen LogP contribution in [-0.4, -0.2) is 51.4 Å². The van der Waals surface area contributed by atoms with Crippen LogP contribution >= 0.6 is 0 Å². The third-order valence-corrected chi connectivity index (χ3v) is 4.90. The number of nitrogens with one attached hydrogen (secondary N) is 2. The van der Waals surface area contributed by atoms with Crippen LogP contribution in [0.2, 0.25) is 0 Å². The van der Waals surface area contributed by atoms with Crippen LogP contribution in [0.3, 0.4) is 0 Å². The van der Waals surface area contributed by atoms with Gasteiger partial charge < -0.3 is 15.4 Å². The Labute approximate surface area is 222 Å². The number of alkyl halides is 6. The van der Waals surface area contributed by atoms with Gasteiger partial charge in [-0.1, -0.05) is 6.07 Å². The summed E-state index contributed by atoms with van der Waals surface area (Å²) in [4.78, 5) is 30.1. The molecule has 0 saturated carbocycles. The summed E-state index contributed by atoms with van der Waals surface area (Å²) < 4.78 is 85.8. The van der Waals surface area contributed by atoms with Crippen molar-refractivity contribution in [2.24, 2.45) is 0 Å². The Morgan fingerprint density at radius 2 is 1.80 bits per heavy atom. The number of nitriles is 1. The van der Waals surface area contributed by atoms with E-state index < -0.39 is 42.2 Å². The van der Waals surface area contributed by atoms with Crippen molar-refractivity contribution in [2.45, 2.75) is 45.6 Å². The number of benzene rings is 1. The highest BCUT2D eigenvalue weighted by Gasteiger charge is 2.51. The van der Waals surface area contributed by atoms with E-state index in [1.165, 1.54) is 43.5 Å². The van der Waals surface area contributed by atoms with Crippen LogP contribution in [0.1, 0.15) is 45.8 Å². The van der Waals surface area contributed by atoms with Gasteiger partial charge in [0.05, 0.1) is 22.9 Å². The zero-order valence-electron chi connectivity index (χ0n) is 20.9. The number of aromatic nitrogens is 3. The van der Waals surface area contributed by atoms with Gasteiger partial charge in [0.15, 0.2) is 5.82 Å². The SMILES string of the molecule is Cc1cc(C#N)cc(C(=O)NC(C)C)c1NC(=O)c1cc(OC(F)(F)C(F)OC(F)(F)F)nn1-c1ccccn1. The molecule has 16 heteroatoms. The van der Waals surface area contributed by atoms with Gasteiger partial charge in [-0.25, -0.2) is 18.8 Å². The summed E-state index contributed by atoms with van der Waals surface area (Å²) in [7, 11) is 0. The van der Waals surface area contributed by atoms with Crippen molar-refractivity contribution in [2.75, 3.05) is 5.32 Å². The van der Waals surface area contributed by atoms with Crippen molar-refractivity contribution in [3.05, 3.63) is 65.0 Å². The van der Waals surface area contributed by atoms with E-state index in [0.29, 0.717) is 10.7 Å². The molecule has 0 aliphatic heterocycles. The van der Waals surface area contributed by atoms with Crippen LogP contribution in [0.5, 0.6) is 5.88 Å². The van der Waals surface area contributed by atoms with Crippen molar-refractivity contribution in [1.29, 1.82) is 5.26 Å². The Bertz CT molecular complexity index is 1440. The lowest BCUT2D eigenvalue weighted by Gasteiger charge is -2.20. The summed E-state index contributed by atoms with van der Waals surface area (Å²) in [6, 6.07) is 9.05. The molecule has 212 valence electrons. The number of rotatable bonds is 9. The highest BCUT2D eigenvalue weighted by molar-refractivity contribution is 6.09. The molecule has 10 nitrogen and oxygen atoms in total. The van der Waals surface area contributed by atoms with Gasteiger partial charge in [-0.15, -0.1) is 18.3 Å². The Balaban J connectivity index is 2.03. The van der Waals surface area contributed by atoms with Crippen LogP contribution in [0.25, 0.3) is 5.82 Å². The van der Waals surface area contributed by atoms with Crippen LogP contribution in [0.15, 0.2) is 42.6 Å². The van der Waals surface area contributed by atoms with Crippen LogP contribution in [-0.2, 0) is 4.74 Å². The quantitative estimate of drug-likeness (QED) is 0.359. The average Bonchev–Trinajstić information content (AvgIpc) is 3.27. The predicted octanol–water partition coefficient (Wildman–Crippen LogP) is 4.64. The van der Waals surface area contributed by atoms with E-state index in [0.717, 1.165) is 0 Å². The number of amides is 2. The average molecular weight is 570 g/mol. The molecule has 0 aliphatic rings. The lowest BCUT2D eigenvalue weighted by atomic mass is 10.0. The predicted molar refractivity (Wildman–Crippen MR) is 125 cm³/mol. The molecule has 1 aromatic carbocycles. The molecule has 3 rings (SSSR count). The van der Waals surface area contributed by atoms with Crippen LogP contribution in [0.4, 0.5) is 32.0 Å². The van der Waals surface area contributed by atoms with E-state index in [1.807, 2.05) is 6.07 Å². The first-order valence-electron chi connectivity index (χ1n) is 11.2. The van der Waals surface area contributed by atoms with Gasteiger partial charge >= 0.3 is 18.8 Å². The fourth-order valence-corrected chi connectivity index (χ4v) is 3.31. The monoisotopic (exact) mass is 570 g/mol. The first-order valence-corrected chi connectivity index (χ1v) is 11.2. The molecule has 2 amide bonds. The van der Waals surface area contributed by atoms with Crippen molar-refractivity contribution < 1.29 is 45.4 Å². The number of hydrogen-bond donors (Lipinski definition) is 2. The highest BCUT2D eigenvalue weighted by atomic mass is 19.4. The number of anilines is 1. The minimum atomic E-state index is -5.73. The fraction of sp³-hybridized carbons (Fsp3) is 0.292. The molecule has 0 spiro atoms. The maximum absolute atomic E-state index is 14.0. The first kappa shape index (κ1) is 29.9. The standard InChI is InChI=1S/C24H20F6N6O4/c1-12(2)33-20(37)15-9-14(11-31)8-13(3)19(15)34-21(38)16-10-18(35-36(16)17-6-4-5-7-32-17)39-23(26,27)22(25)40-24(28,29)30/h4-10,12,22H,1-3H3,(H,33,37)(H,34,38). The number of hydrogen-bond acceptors (Lipinski definition) is 7. The molecule has 0 radical (unpaired) electrons. The molecule has 1 unspecified atom stereocenters. The Kier molecular flexibility index (Phi) is 8.68. The molecule has 40 heavy (non-hydrogen) atoms. The van der Waals surface area contributed by atoms with E-state index in [9.17, 15) is 41.2 Å². The smallest absolute Gasteiger partial charge is 0.409 e. The van der Waals surface area contributed by atoms with E-state index in [-0.39, 0.29) is 34.2 Å². The molecule has 3 aromatic rings. The normalized spacial score (nSPS) is 12.5. The minimum Gasteiger partial charge on any atom is -0.409 e. The van der Waals surface area contributed by atoms with Gasteiger partial charge in [0.25, 0.3) is 11.8 Å². The molecule has 0 fully saturated rings. The second-order valence-electron chi connectivity index (χ2n) is 8.42. The zero-order valence-corrected chi connectivity index (χ0v) is 20.9. The van der Waals surface area contributed by atoms with Gasteiger partial charge in [-0.3, -0.25) is 9.59 Å². The zero-order chi connectivity index (χ0) is 29.8. The van der Waals surface area contributed by atoms with E-state index >= 15 is 0 Å².